The van der Waals surface area contributed by atoms with Crippen LogP contribution in [0.1, 0.15) is 0 Å². The van der Waals surface area contributed by atoms with Crippen molar-refractivity contribution in [1.82, 2.24) is 0 Å². The van der Waals surface area contributed by atoms with E-state index in [9.17, 15) is 0 Å². The molecule has 0 aromatic carbocycles. The molecule has 0 aliphatic heterocycles. The summed E-state index contributed by atoms with van der Waals surface area (Å²) in [6, 6.07) is 1.72. The highest BCUT2D eigenvalue weighted by molar-refractivity contribution is 7.80. The molecule has 0 saturated carbocycles. The summed E-state index contributed by atoms with van der Waals surface area (Å²) in [4.78, 5) is 0.752. The van der Waals surface area contributed by atoms with E-state index in [1.54, 1.807) is 6.07 Å². The van der Waals surface area contributed by atoms with Gasteiger partial charge in [0.05, 0.1) is 4.34 Å². The fourth-order valence-corrected chi connectivity index (χ4v) is 2.04. The smallest absolute Gasteiger partial charge is 0.108 e. The number of hydrogen-bond acceptors (Lipinski definition) is 2. The Morgan fingerprint density at radius 2 is 2.12 bits per heavy atom. The monoisotopic (exact) mass is 184 g/mol. The lowest BCUT2D eigenvalue weighted by Gasteiger charge is -1.75. The molecule has 0 unspecified atom stereocenters. The van der Waals surface area contributed by atoms with Gasteiger partial charge in [-0.1, -0.05) is 23.2 Å². The molecular weight excluding hydrogens is 183 g/mol. The zero-order valence-electron chi connectivity index (χ0n) is 3.69. The zero-order chi connectivity index (χ0) is 6.15. The molecule has 0 fully saturated rings. The molecule has 44 valence electrons. The molecule has 0 saturated heterocycles. The predicted molar refractivity (Wildman–Crippen MR) is 41.6 cm³/mol. The fourth-order valence-electron chi connectivity index (χ4n) is 0.332. The SMILES string of the molecule is Sc1cc(Cl)sc1Cl. The van der Waals surface area contributed by atoms with Gasteiger partial charge in [-0.3, -0.25) is 0 Å². The van der Waals surface area contributed by atoms with E-state index in [-0.39, 0.29) is 0 Å². The third-order valence-electron chi connectivity index (χ3n) is 0.639. The number of thiol groups is 1. The highest BCUT2D eigenvalue weighted by Gasteiger charge is 1.98. The Labute approximate surface area is 66.8 Å². The molecule has 1 rings (SSSR count). The molecule has 1 aromatic heterocycles. The number of rotatable bonds is 0. The van der Waals surface area contributed by atoms with Gasteiger partial charge in [0, 0.05) is 4.90 Å². The number of thiophene rings is 1. The average Bonchev–Trinajstić information content (AvgIpc) is 1.85. The van der Waals surface area contributed by atoms with Crippen LogP contribution in [0.15, 0.2) is 11.0 Å². The molecule has 0 N–H and O–H groups in total. The Morgan fingerprint density at radius 3 is 2.25 bits per heavy atom. The van der Waals surface area contributed by atoms with Crippen LogP contribution < -0.4 is 0 Å². The van der Waals surface area contributed by atoms with Crippen LogP contribution in [0.3, 0.4) is 0 Å². The van der Waals surface area contributed by atoms with Crippen molar-refractivity contribution in [3.05, 3.63) is 14.7 Å². The Balaban J connectivity index is 3.14. The molecule has 1 heterocycles. The van der Waals surface area contributed by atoms with Gasteiger partial charge in [0.2, 0.25) is 0 Å². The molecule has 1 aromatic rings. The van der Waals surface area contributed by atoms with E-state index in [1.165, 1.54) is 11.3 Å². The second-order valence-corrected chi connectivity index (χ2v) is 3.98. The minimum absolute atomic E-state index is 0.651. The van der Waals surface area contributed by atoms with Crippen molar-refractivity contribution in [2.75, 3.05) is 0 Å². The van der Waals surface area contributed by atoms with Gasteiger partial charge in [-0.15, -0.1) is 24.0 Å². The maximum atomic E-state index is 5.59. The van der Waals surface area contributed by atoms with E-state index >= 15 is 0 Å². The van der Waals surface area contributed by atoms with Gasteiger partial charge in [-0.2, -0.15) is 0 Å². The summed E-state index contributed by atoms with van der Waals surface area (Å²) in [5.41, 5.74) is 0. The van der Waals surface area contributed by atoms with E-state index in [4.69, 9.17) is 23.2 Å². The van der Waals surface area contributed by atoms with Crippen molar-refractivity contribution in [2.45, 2.75) is 4.90 Å². The van der Waals surface area contributed by atoms with Gasteiger partial charge in [0.25, 0.3) is 0 Å². The second-order valence-electron chi connectivity index (χ2n) is 1.21. The van der Waals surface area contributed by atoms with Crippen molar-refractivity contribution < 1.29 is 0 Å². The summed E-state index contributed by atoms with van der Waals surface area (Å²) >= 11 is 16.5. The predicted octanol–water partition coefficient (Wildman–Crippen LogP) is 3.34. The molecule has 0 bridgehead atoms. The van der Waals surface area contributed by atoms with Crippen LogP contribution in [0.2, 0.25) is 8.67 Å². The molecule has 0 nitrogen and oxygen atoms in total. The first kappa shape index (κ1) is 6.75. The Hall–Kier alpha value is 0.630. The van der Waals surface area contributed by atoms with E-state index in [0.29, 0.717) is 8.67 Å². The van der Waals surface area contributed by atoms with E-state index in [2.05, 4.69) is 12.6 Å². The van der Waals surface area contributed by atoms with Gasteiger partial charge < -0.3 is 0 Å². The molecule has 4 heteroatoms. The Kier molecular flexibility index (Phi) is 2.09. The molecule has 0 radical (unpaired) electrons. The summed E-state index contributed by atoms with van der Waals surface area (Å²) in [5.74, 6) is 0. The van der Waals surface area contributed by atoms with Crippen molar-refractivity contribution in [2.24, 2.45) is 0 Å². The van der Waals surface area contributed by atoms with Gasteiger partial charge >= 0.3 is 0 Å². The van der Waals surface area contributed by atoms with Gasteiger partial charge in [0.15, 0.2) is 0 Å². The van der Waals surface area contributed by atoms with Crippen LogP contribution in [-0.4, -0.2) is 0 Å². The van der Waals surface area contributed by atoms with Crippen LogP contribution in [0.5, 0.6) is 0 Å². The maximum absolute atomic E-state index is 5.59. The Bertz CT molecular complexity index is 174. The van der Waals surface area contributed by atoms with Crippen LogP contribution in [0.4, 0.5) is 0 Å². The first-order valence-corrected chi connectivity index (χ1v) is 3.86. The summed E-state index contributed by atoms with van der Waals surface area (Å²) in [5, 5.41) is 0. The number of hydrogen-bond donors (Lipinski definition) is 1. The van der Waals surface area contributed by atoms with Crippen molar-refractivity contribution in [3.63, 3.8) is 0 Å². The van der Waals surface area contributed by atoms with E-state index in [1.807, 2.05) is 0 Å². The highest BCUT2D eigenvalue weighted by Crippen LogP contribution is 2.32. The standard InChI is InChI=1S/C4H2Cl2S2/c5-3-1-2(7)4(6)8-3/h1,7H. The molecule has 0 atom stereocenters. The topological polar surface area (TPSA) is 0 Å². The van der Waals surface area contributed by atoms with E-state index < -0.39 is 0 Å². The quantitative estimate of drug-likeness (QED) is 0.588. The van der Waals surface area contributed by atoms with Gasteiger partial charge in [0.1, 0.15) is 4.34 Å². The van der Waals surface area contributed by atoms with Crippen LogP contribution >= 0.6 is 47.2 Å². The van der Waals surface area contributed by atoms with Crippen molar-refractivity contribution in [1.29, 1.82) is 0 Å². The van der Waals surface area contributed by atoms with Gasteiger partial charge in [-0.05, 0) is 6.07 Å². The lowest BCUT2D eigenvalue weighted by atomic mass is 10.7. The first-order chi connectivity index (χ1) is 3.70. The van der Waals surface area contributed by atoms with Crippen molar-refractivity contribution >= 4 is 47.2 Å². The van der Waals surface area contributed by atoms with Crippen LogP contribution in [0, 0.1) is 0 Å². The second kappa shape index (κ2) is 2.48. The fraction of sp³-hybridized carbons (Fsp3) is 0. The lowest BCUT2D eigenvalue weighted by molar-refractivity contribution is 1.62. The van der Waals surface area contributed by atoms with E-state index in [0.717, 1.165) is 4.90 Å². The maximum Gasteiger partial charge on any atom is 0.108 e. The van der Waals surface area contributed by atoms with Crippen LogP contribution in [-0.2, 0) is 0 Å². The first-order valence-electron chi connectivity index (χ1n) is 1.84. The minimum atomic E-state index is 0.651. The molecular formula is C4H2Cl2S2. The molecule has 0 spiro atoms. The normalized spacial score (nSPS) is 9.88. The highest BCUT2D eigenvalue weighted by atomic mass is 35.5. The third kappa shape index (κ3) is 1.32. The zero-order valence-corrected chi connectivity index (χ0v) is 6.91. The third-order valence-corrected chi connectivity index (χ3v) is 2.76. The molecule has 0 amide bonds. The summed E-state index contributed by atoms with van der Waals surface area (Å²) in [7, 11) is 0. The minimum Gasteiger partial charge on any atom is -0.141 e. The Morgan fingerprint density at radius 1 is 1.50 bits per heavy atom. The summed E-state index contributed by atoms with van der Waals surface area (Å²) in [6.07, 6.45) is 0. The average molecular weight is 185 g/mol. The lowest BCUT2D eigenvalue weighted by Crippen LogP contribution is -1.46. The summed E-state index contributed by atoms with van der Waals surface area (Å²) in [6.45, 7) is 0. The molecule has 0 aliphatic rings. The molecule has 0 aliphatic carbocycles. The largest absolute Gasteiger partial charge is 0.141 e. The molecule has 8 heavy (non-hydrogen) atoms. The van der Waals surface area contributed by atoms with Crippen molar-refractivity contribution in [3.8, 4) is 0 Å². The van der Waals surface area contributed by atoms with Gasteiger partial charge in [-0.25, -0.2) is 0 Å². The van der Waals surface area contributed by atoms with Crippen LogP contribution in [0.25, 0.3) is 0 Å². The number of halogens is 2. The summed E-state index contributed by atoms with van der Waals surface area (Å²) < 4.78 is 1.33.